The van der Waals surface area contributed by atoms with Gasteiger partial charge in [0.2, 0.25) is 0 Å². The minimum Gasteiger partial charge on any atom is -0.338 e. The zero-order chi connectivity index (χ0) is 12.8. The van der Waals surface area contributed by atoms with E-state index in [9.17, 15) is 4.79 Å². The minimum absolute atomic E-state index is 0.0500. The lowest BCUT2D eigenvalue weighted by Crippen LogP contribution is -2.38. The number of carbonyl (C=O) groups is 1. The number of carbonyl (C=O) groups excluding carboxylic acids is 1. The summed E-state index contributed by atoms with van der Waals surface area (Å²) in [5, 5.41) is 0. The molecule has 1 rings (SSSR count). The first-order valence-corrected chi connectivity index (χ1v) is 7.66. The molecule has 1 amide bonds. The summed E-state index contributed by atoms with van der Waals surface area (Å²) in [6, 6.07) is 3.78. The van der Waals surface area contributed by atoms with Gasteiger partial charge in [-0.2, -0.15) is 11.8 Å². The summed E-state index contributed by atoms with van der Waals surface area (Å²) in [6.45, 7) is 2.10. The van der Waals surface area contributed by atoms with Crippen LogP contribution in [-0.4, -0.2) is 40.9 Å². The molecule has 94 valence electrons. The third-order valence-electron chi connectivity index (χ3n) is 2.67. The number of nitrogens with zero attached hydrogens (tertiary/aromatic N) is 2. The lowest BCUT2D eigenvalue weighted by molar-refractivity contribution is 0.0743. The fourth-order valence-corrected chi connectivity index (χ4v) is 2.81. The van der Waals surface area contributed by atoms with Crippen LogP contribution in [0.15, 0.2) is 22.9 Å². The molecule has 1 aromatic rings. The van der Waals surface area contributed by atoms with E-state index in [0.717, 1.165) is 12.2 Å². The summed E-state index contributed by atoms with van der Waals surface area (Å²) in [5.74, 6) is 1.01. The highest BCUT2D eigenvalue weighted by molar-refractivity contribution is 9.10. The van der Waals surface area contributed by atoms with E-state index in [-0.39, 0.29) is 11.9 Å². The maximum absolute atomic E-state index is 12.2. The number of pyridine rings is 1. The van der Waals surface area contributed by atoms with Crippen molar-refractivity contribution >= 4 is 33.6 Å². The predicted octanol–water partition coefficient (Wildman–Crippen LogP) is 3.06. The van der Waals surface area contributed by atoms with E-state index in [1.54, 1.807) is 30.1 Å². The van der Waals surface area contributed by atoms with Crippen molar-refractivity contribution in [1.29, 1.82) is 0 Å². The standard InChI is InChI=1S/C12H17BrN2OS/c1-4-10(8-17-3)15(2)12(16)9-5-6-14-11(13)7-9/h5-7,10H,4,8H2,1-3H3. The SMILES string of the molecule is CCC(CSC)N(C)C(=O)c1ccnc(Br)c1. The smallest absolute Gasteiger partial charge is 0.254 e. The molecule has 17 heavy (non-hydrogen) atoms. The number of amides is 1. The highest BCUT2D eigenvalue weighted by atomic mass is 79.9. The van der Waals surface area contributed by atoms with Crippen molar-refractivity contribution in [2.45, 2.75) is 19.4 Å². The van der Waals surface area contributed by atoms with Crippen LogP contribution >= 0.6 is 27.7 Å². The summed E-state index contributed by atoms with van der Waals surface area (Å²) in [7, 11) is 1.86. The summed E-state index contributed by atoms with van der Waals surface area (Å²) >= 11 is 5.04. The average Bonchev–Trinajstić information content (AvgIpc) is 2.34. The van der Waals surface area contributed by atoms with Crippen LogP contribution < -0.4 is 0 Å². The van der Waals surface area contributed by atoms with Crippen molar-refractivity contribution < 1.29 is 4.79 Å². The van der Waals surface area contributed by atoms with Gasteiger partial charge in [0.05, 0.1) is 0 Å². The summed E-state index contributed by atoms with van der Waals surface area (Å²) in [5.41, 5.74) is 0.675. The molecule has 0 spiro atoms. The Labute approximate surface area is 115 Å². The van der Waals surface area contributed by atoms with E-state index < -0.39 is 0 Å². The van der Waals surface area contributed by atoms with Crippen LogP contribution in [0.1, 0.15) is 23.7 Å². The fraction of sp³-hybridized carbons (Fsp3) is 0.500. The van der Waals surface area contributed by atoms with Gasteiger partial charge in [-0.05, 0) is 40.7 Å². The summed E-state index contributed by atoms with van der Waals surface area (Å²) < 4.78 is 0.690. The summed E-state index contributed by atoms with van der Waals surface area (Å²) in [6.07, 6.45) is 4.67. The van der Waals surface area contributed by atoms with Gasteiger partial charge in [0.1, 0.15) is 4.60 Å². The predicted molar refractivity (Wildman–Crippen MR) is 76.5 cm³/mol. The van der Waals surface area contributed by atoms with Gasteiger partial charge in [0.15, 0.2) is 0 Å². The molecular formula is C12H17BrN2OS. The molecular weight excluding hydrogens is 300 g/mol. The molecule has 5 heteroatoms. The zero-order valence-electron chi connectivity index (χ0n) is 10.3. The van der Waals surface area contributed by atoms with E-state index in [1.165, 1.54) is 0 Å². The average molecular weight is 317 g/mol. The van der Waals surface area contributed by atoms with Gasteiger partial charge >= 0.3 is 0 Å². The maximum Gasteiger partial charge on any atom is 0.254 e. The summed E-state index contributed by atoms with van der Waals surface area (Å²) in [4.78, 5) is 18.1. The quantitative estimate of drug-likeness (QED) is 0.783. The van der Waals surface area contributed by atoms with Crippen LogP contribution in [0.4, 0.5) is 0 Å². The third-order valence-corrected chi connectivity index (χ3v) is 3.82. The molecule has 0 fully saturated rings. The van der Waals surface area contributed by atoms with Crippen LogP contribution in [0.3, 0.4) is 0 Å². The highest BCUT2D eigenvalue weighted by Crippen LogP contribution is 2.14. The van der Waals surface area contributed by atoms with Crippen molar-refractivity contribution in [3.8, 4) is 0 Å². The van der Waals surface area contributed by atoms with Crippen molar-refractivity contribution in [3.63, 3.8) is 0 Å². The Hall–Kier alpha value is -0.550. The lowest BCUT2D eigenvalue weighted by Gasteiger charge is -2.26. The second-order valence-corrected chi connectivity index (χ2v) is 5.52. The van der Waals surface area contributed by atoms with E-state index in [1.807, 2.05) is 11.9 Å². The monoisotopic (exact) mass is 316 g/mol. The van der Waals surface area contributed by atoms with Gasteiger partial charge in [-0.1, -0.05) is 6.92 Å². The van der Waals surface area contributed by atoms with Crippen molar-refractivity contribution in [2.24, 2.45) is 0 Å². The zero-order valence-corrected chi connectivity index (χ0v) is 12.7. The van der Waals surface area contributed by atoms with Crippen molar-refractivity contribution in [3.05, 3.63) is 28.5 Å². The van der Waals surface area contributed by atoms with Crippen molar-refractivity contribution in [1.82, 2.24) is 9.88 Å². The molecule has 1 aromatic heterocycles. The van der Waals surface area contributed by atoms with Gasteiger partial charge in [0.25, 0.3) is 5.91 Å². The molecule has 0 saturated heterocycles. The lowest BCUT2D eigenvalue weighted by atomic mass is 10.2. The minimum atomic E-state index is 0.0500. The Kier molecular flexibility index (Phi) is 5.98. The molecule has 0 aliphatic carbocycles. The number of hydrogen-bond donors (Lipinski definition) is 0. The Morgan fingerprint density at radius 3 is 2.88 bits per heavy atom. The number of hydrogen-bond acceptors (Lipinski definition) is 3. The number of aromatic nitrogens is 1. The van der Waals surface area contributed by atoms with E-state index in [0.29, 0.717) is 10.2 Å². The topological polar surface area (TPSA) is 33.2 Å². The Bertz CT molecular complexity index is 387. The van der Waals surface area contributed by atoms with Gasteiger partial charge in [-0.3, -0.25) is 4.79 Å². The molecule has 0 radical (unpaired) electrons. The Morgan fingerprint density at radius 1 is 1.65 bits per heavy atom. The maximum atomic E-state index is 12.2. The molecule has 3 nitrogen and oxygen atoms in total. The first-order valence-electron chi connectivity index (χ1n) is 5.47. The largest absolute Gasteiger partial charge is 0.338 e. The van der Waals surface area contributed by atoms with E-state index in [4.69, 9.17) is 0 Å². The van der Waals surface area contributed by atoms with Gasteiger partial charge < -0.3 is 4.90 Å². The van der Waals surface area contributed by atoms with E-state index >= 15 is 0 Å². The number of rotatable bonds is 5. The number of halogens is 1. The first-order chi connectivity index (χ1) is 8.10. The van der Waals surface area contributed by atoms with Gasteiger partial charge in [-0.15, -0.1) is 0 Å². The second-order valence-electron chi connectivity index (χ2n) is 3.80. The van der Waals surface area contributed by atoms with E-state index in [2.05, 4.69) is 34.1 Å². The van der Waals surface area contributed by atoms with Crippen LogP contribution in [0.5, 0.6) is 0 Å². The molecule has 0 aromatic carbocycles. The Morgan fingerprint density at radius 2 is 2.35 bits per heavy atom. The first kappa shape index (κ1) is 14.5. The molecule has 1 heterocycles. The van der Waals surface area contributed by atoms with Gasteiger partial charge in [0, 0.05) is 30.6 Å². The third kappa shape index (κ3) is 4.00. The normalized spacial score (nSPS) is 12.2. The van der Waals surface area contributed by atoms with Crippen LogP contribution in [0, 0.1) is 0 Å². The molecule has 1 atom stereocenters. The number of thioether (sulfide) groups is 1. The molecule has 0 saturated carbocycles. The van der Waals surface area contributed by atoms with Crippen LogP contribution in [-0.2, 0) is 0 Å². The van der Waals surface area contributed by atoms with Gasteiger partial charge in [-0.25, -0.2) is 4.98 Å². The molecule has 0 aliphatic heterocycles. The second kappa shape index (κ2) is 7.01. The molecule has 1 unspecified atom stereocenters. The van der Waals surface area contributed by atoms with Crippen LogP contribution in [0.2, 0.25) is 0 Å². The van der Waals surface area contributed by atoms with Crippen LogP contribution in [0.25, 0.3) is 0 Å². The molecule has 0 bridgehead atoms. The highest BCUT2D eigenvalue weighted by Gasteiger charge is 2.19. The fourth-order valence-electron chi connectivity index (χ4n) is 1.60. The van der Waals surface area contributed by atoms with Crippen molar-refractivity contribution in [2.75, 3.05) is 19.1 Å². The Balaban J connectivity index is 2.81. The molecule has 0 N–H and O–H groups in total. The molecule has 0 aliphatic rings.